The van der Waals surface area contributed by atoms with Crippen LogP contribution >= 0.6 is 0 Å². The van der Waals surface area contributed by atoms with E-state index in [1.54, 1.807) is 16.7 Å². The number of benzene rings is 1. The van der Waals surface area contributed by atoms with Crippen molar-refractivity contribution in [2.24, 2.45) is 23.7 Å². The fourth-order valence-electron chi connectivity index (χ4n) is 9.34. The zero-order valence-electron chi connectivity index (χ0n) is 26.2. The molecular formula is C38H48BN2-. The standard InChI is InChI=1S/C38H48BN2/c1-24(2)31-21-34-29-17-11-12-18-30(29)37(40(34)23-33(31)26-14-9-8-10-15-26)36-20-27-16-13-19-28(27)35-22-32(25(3)4)38(41(35)36)39(5,6)7/h8-18,21-25,29-30,34-38H,19-20H2,1-7H3/q-1. The summed E-state index contributed by atoms with van der Waals surface area (Å²) in [5, 5.41) is 0. The topological polar surface area (TPSA) is 6.48 Å². The van der Waals surface area contributed by atoms with Gasteiger partial charge >= 0.3 is 0 Å². The molecule has 4 heterocycles. The summed E-state index contributed by atoms with van der Waals surface area (Å²) in [7, 11) is 0. The molecule has 2 aliphatic carbocycles. The highest BCUT2D eigenvalue weighted by Gasteiger charge is 2.55. The molecule has 0 spiro atoms. The van der Waals surface area contributed by atoms with Gasteiger partial charge in [-0.2, -0.15) is 20.5 Å². The lowest BCUT2D eigenvalue weighted by molar-refractivity contribution is 0.0877. The van der Waals surface area contributed by atoms with Crippen LogP contribution in [0.25, 0.3) is 5.57 Å². The van der Waals surface area contributed by atoms with Gasteiger partial charge in [0.15, 0.2) is 0 Å². The average molecular weight is 544 g/mol. The molecule has 1 saturated heterocycles. The Morgan fingerprint density at radius 2 is 1.61 bits per heavy atom. The highest BCUT2D eigenvalue weighted by molar-refractivity contribution is 6.78. The Balaban J connectivity index is 1.39. The van der Waals surface area contributed by atoms with Crippen LogP contribution in [0.5, 0.6) is 0 Å². The third-order valence-corrected chi connectivity index (χ3v) is 10.9. The molecule has 4 aliphatic heterocycles. The maximum absolute atomic E-state index is 3.04. The van der Waals surface area contributed by atoms with E-state index in [2.05, 4.69) is 143 Å². The number of hydrogen-bond acceptors (Lipinski definition) is 2. The van der Waals surface area contributed by atoms with Gasteiger partial charge in [-0.3, -0.25) is 0 Å². The highest BCUT2D eigenvalue weighted by Crippen LogP contribution is 2.53. The third-order valence-electron chi connectivity index (χ3n) is 10.9. The van der Waals surface area contributed by atoms with E-state index in [0.29, 0.717) is 53.8 Å². The largest absolute Gasteiger partial charge is 0.365 e. The van der Waals surface area contributed by atoms with E-state index in [1.807, 2.05) is 0 Å². The summed E-state index contributed by atoms with van der Waals surface area (Å²) in [6.45, 7) is 17.2. The first-order valence-electron chi connectivity index (χ1n) is 16.4. The van der Waals surface area contributed by atoms with Gasteiger partial charge in [0.25, 0.3) is 0 Å². The second-order valence-corrected chi connectivity index (χ2v) is 15.4. The Morgan fingerprint density at radius 3 is 2.29 bits per heavy atom. The summed E-state index contributed by atoms with van der Waals surface area (Å²) < 4.78 is 0. The van der Waals surface area contributed by atoms with Crippen LogP contribution < -0.4 is 0 Å². The first kappa shape index (κ1) is 27.1. The minimum Gasteiger partial charge on any atom is -0.365 e. The van der Waals surface area contributed by atoms with E-state index in [4.69, 9.17) is 0 Å². The zero-order chi connectivity index (χ0) is 28.6. The predicted octanol–water partition coefficient (Wildman–Crippen LogP) is 8.58. The smallest absolute Gasteiger partial charge is 0.0547 e. The van der Waals surface area contributed by atoms with Gasteiger partial charge in [-0.15, -0.1) is 0 Å². The minimum atomic E-state index is -0.598. The molecule has 0 bridgehead atoms. The molecule has 7 atom stereocenters. The van der Waals surface area contributed by atoms with Crippen molar-refractivity contribution >= 4 is 11.7 Å². The molecule has 0 N–H and O–H groups in total. The molecule has 1 aromatic rings. The monoisotopic (exact) mass is 543 g/mol. The van der Waals surface area contributed by atoms with Gasteiger partial charge < -0.3 is 9.80 Å². The lowest BCUT2D eigenvalue weighted by atomic mass is 9.24. The van der Waals surface area contributed by atoms with Crippen LogP contribution in [0.1, 0.15) is 46.1 Å². The lowest BCUT2D eigenvalue weighted by Gasteiger charge is -2.54. The van der Waals surface area contributed by atoms with Crippen molar-refractivity contribution in [1.29, 1.82) is 0 Å². The normalized spacial score (nSPS) is 34.1. The Bertz CT molecular complexity index is 1430. The van der Waals surface area contributed by atoms with Crippen molar-refractivity contribution in [3.63, 3.8) is 0 Å². The Morgan fingerprint density at radius 1 is 0.878 bits per heavy atom. The van der Waals surface area contributed by atoms with E-state index >= 15 is 0 Å². The van der Waals surface area contributed by atoms with E-state index in [1.165, 1.54) is 16.7 Å². The first-order valence-corrected chi connectivity index (χ1v) is 16.4. The fraction of sp³-hybridized carbons (Fsp3) is 0.474. The summed E-state index contributed by atoms with van der Waals surface area (Å²) in [4.78, 5) is 5.87. The van der Waals surface area contributed by atoms with Crippen LogP contribution in [0.2, 0.25) is 20.5 Å². The molecule has 0 saturated carbocycles. The molecule has 3 heteroatoms. The van der Waals surface area contributed by atoms with Crippen molar-refractivity contribution in [3.05, 3.63) is 113 Å². The van der Waals surface area contributed by atoms with Crippen molar-refractivity contribution in [1.82, 2.24) is 9.80 Å². The van der Waals surface area contributed by atoms with Crippen LogP contribution in [0.15, 0.2) is 107 Å². The summed E-state index contributed by atoms with van der Waals surface area (Å²) in [6.07, 6.45) is 24.2. The van der Waals surface area contributed by atoms with Gasteiger partial charge in [0.2, 0.25) is 0 Å². The Labute approximate surface area is 248 Å². The van der Waals surface area contributed by atoms with E-state index in [0.717, 1.165) is 12.8 Å². The Hall–Kier alpha value is -2.78. The minimum absolute atomic E-state index is 0.405. The molecule has 2 nitrogen and oxygen atoms in total. The van der Waals surface area contributed by atoms with E-state index in [9.17, 15) is 0 Å². The second-order valence-electron chi connectivity index (χ2n) is 15.4. The number of nitrogens with zero attached hydrogens (tertiary/aromatic N) is 2. The van der Waals surface area contributed by atoms with Crippen molar-refractivity contribution in [2.45, 2.75) is 91.1 Å². The van der Waals surface area contributed by atoms with Gasteiger partial charge in [0.1, 0.15) is 0 Å². The van der Waals surface area contributed by atoms with Gasteiger partial charge in [-0.1, -0.05) is 118 Å². The molecule has 0 amide bonds. The maximum atomic E-state index is 3.04. The number of hydrogen-bond donors (Lipinski definition) is 0. The van der Waals surface area contributed by atoms with Crippen LogP contribution in [0, 0.1) is 23.7 Å². The zero-order valence-corrected chi connectivity index (χ0v) is 26.2. The van der Waals surface area contributed by atoms with Crippen LogP contribution in [0.4, 0.5) is 0 Å². The van der Waals surface area contributed by atoms with Gasteiger partial charge in [-0.25, -0.2) is 0 Å². The average Bonchev–Trinajstić information content (AvgIpc) is 3.66. The molecule has 7 rings (SSSR count). The summed E-state index contributed by atoms with van der Waals surface area (Å²) in [5.41, 5.74) is 9.24. The molecule has 0 radical (unpaired) electrons. The highest BCUT2D eigenvalue weighted by atomic mass is 15.3. The molecule has 6 aliphatic rings. The molecule has 0 aromatic heterocycles. The van der Waals surface area contributed by atoms with Gasteiger partial charge in [-0.05, 0) is 47.0 Å². The fourth-order valence-corrected chi connectivity index (χ4v) is 9.34. The summed E-state index contributed by atoms with van der Waals surface area (Å²) in [5.74, 6) is 2.60. The lowest BCUT2D eigenvalue weighted by Crippen LogP contribution is -2.63. The number of fused-ring (bicyclic) bond motifs is 5. The van der Waals surface area contributed by atoms with E-state index < -0.39 is 6.15 Å². The molecule has 1 fully saturated rings. The number of rotatable bonds is 5. The molecule has 1 aromatic carbocycles. The molecule has 214 valence electrons. The molecule has 7 unspecified atom stereocenters. The quantitative estimate of drug-likeness (QED) is 0.271. The van der Waals surface area contributed by atoms with Crippen LogP contribution in [-0.2, 0) is 0 Å². The van der Waals surface area contributed by atoms with Gasteiger partial charge in [0.05, 0.1) is 12.1 Å². The van der Waals surface area contributed by atoms with E-state index in [-0.39, 0.29) is 0 Å². The second kappa shape index (κ2) is 9.91. The molecule has 41 heavy (non-hydrogen) atoms. The van der Waals surface area contributed by atoms with Crippen molar-refractivity contribution < 1.29 is 0 Å². The summed E-state index contributed by atoms with van der Waals surface area (Å²) >= 11 is 0. The SMILES string of the molecule is CC(C)C1=CC2C3C=CC=CC3C(C3CC4=C(CC=C4)C4C=C(C(C)C)C([B-](C)(C)C)N43)N2C=C1c1ccccc1. The van der Waals surface area contributed by atoms with Gasteiger partial charge in [0, 0.05) is 41.8 Å². The number of allylic oxidation sites excluding steroid dienone is 6. The molecular weight excluding hydrogens is 495 g/mol. The predicted molar refractivity (Wildman–Crippen MR) is 177 cm³/mol. The van der Waals surface area contributed by atoms with Crippen molar-refractivity contribution in [3.8, 4) is 0 Å². The van der Waals surface area contributed by atoms with Crippen LogP contribution in [0.3, 0.4) is 0 Å². The van der Waals surface area contributed by atoms with Crippen molar-refractivity contribution in [2.75, 3.05) is 0 Å². The first-order chi connectivity index (χ1) is 19.6. The maximum Gasteiger partial charge on any atom is 0.0547 e. The van der Waals surface area contributed by atoms with Crippen LogP contribution in [-0.4, -0.2) is 46.1 Å². The summed E-state index contributed by atoms with van der Waals surface area (Å²) in [6, 6.07) is 12.9. The Kier molecular flexibility index (Phi) is 6.54. The third kappa shape index (κ3) is 4.25.